The molecular weight excluding hydrogens is 210 g/mol. The van der Waals surface area contributed by atoms with Crippen molar-refractivity contribution in [3.8, 4) is 0 Å². The van der Waals surface area contributed by atoms with Crippen LogP contribution in [-0.4, -0.2) is 30.7 Å². The molecule has 1 aromatic heterocycles. The van der Waals surface area contributed by atoms with E-state index in [1.807, 2.05) is 26.2 Å². The molecule has 2 heterocycles. The fourth-order valence-electron chi connectivity index (χ4n) is 2.19. The lowest BCUT2D eigenvalue weighted by molar-refractivity contribution is 0.424. The van der Waals surface area contributed by atoms with Gasteiger partial charge in [0.1, 0.15) is 0 Å². The molecule has 3 nitrogen and oxygen atoms in total. The maximum absolute atomic E-state index is 4.05. The SMILES string of the molecule is CC.CCNC1CCN(c2ccncc2)CC1. The van der Waals surface area contributed by atoms with Crippen LogP contribution in [-0.2, 0) is 0 Å². The largest absolute Gasteiger partial charge is 0.371 e. The van der Waals surface area contributed by atoms with E-state index in [1.54, 1.807) is 0 Å². The molecule has 0 unspecified atom stereocenters. The molecule has 0 radical (unpaired) electrons. The lowest BCUT2D eigenvalue weighted by Crippen LogP contribution is -2.42. The Morgan fingerprint density at radius 1 is 1.24 bits per heavy atom. The molecule has 1 aliphatic heterocycles. The first-order chi connectivity index (χ1) is 8.40. The Kier molecular flexibility index (Phi) is 6.63. The molecule has 1 saturated heterocycles. The van der Waals surface area contributed by atoms with Crippen molar-refractivity contribution in [2.24, 2.45) is 0 Å². The van der Waals surface area contributed by atoms with Gasteiger partial charge in [-0.25, -0.2) is 0 Å². The highest BCUT2D eigenvalue weighted by atomic mass is 15.1. The highest BCUT2D eigenvalue weighted by Crippen LogP contribution is 2.18. The lowest BCUT2D eigenvalue weighted by atomic mass is 10.0. The molecule has 0 saturated carbocycles. The van der Waals surface area contributed by atoms with Gasteiger partial charge < -0.3 is 10.2 Å². The number of nitrogens with one attached hydrogen (secondary N) is 1. The molecule has 1 fully saturated rings. The number of nitrogens with zero attached hydrogens (tertiary/aromatic N) is 2. The Labute approximate surface area is 105 Å². The Balaban J connectivity index is 0.000000686. The van der Waals surface area contributed by atoms with E-state index in [2.05, 4.69) is 34.3 Å². The molecular formula is C14H25N3. The van der Waals surface area contributed by atoms with E-state index in [9.17, 15) is 0 Å². The highest BCUT2D eigenvalue weighted by molar-refractivity contribution is 5.44. The summed E-state index contributed by atoms with van der Waals surface area (Å²) >= 11 is 0. The third kappa shape index (κ3) is 4.35. The first-order valence-corrected chi connectivity index (χ1v) is 6.78. The Bertz CT molecular complexity index is 279. The Morgan fingerprint density at radius 3 is 2.35 bits per heavy atom. The van der Waals surface area contributed by atoms with Gasteiger partial charge >= 0.3 is 0 Å². The molecule has 0 bridgehead atoms. The minimum atomic E-state index is 0.716. The van der Waals surface area contributed by atoms with Crippen LogP contribution in [0.5, 0.6) is 0 Å². The summed E-state index contributed by atoms with van der Waals surface area (Å²) < 4.78 is 0. The molecule has 2 rings (SSSR count). The minimum Gasteiger partial charge on any atom is -0.371 e. The van der Waals surface area contributed by atoms with Crippen LogP contribution in [0.15, 0.2) is 24.5 Å². The maximum Gasteiger partial charge on any atom is 0.0397 e. The average molecular weight is 235 g/mol. The maximum atomic E-state index is 4.05. The van der Waals surface area contributed by atoms with Gasteiger partial charge in [-0.1, -0.05) is 20.8 Å². The minimum absolute atomic E-state index is 0.716. The summed E-state index contributed by atoms with van der Waals surface area (Å²) in [4.78, 5) is 6.49. The molecule has 3 heteroatoms. The van der Waals surface area contributed by atoms with E-state index < -0.39 is 0 Å². The van der Waals surface area contributed by atoms with Gasteiger partial charge in [0, 0.05) is 37.2 Å². The van der Waals surface area contributed by atoms with Gasteiger partial charge in [0.25, 0.3) is 0 Å². The predicted molar refractivity (Wildman–Crippen MR) is 74.5 cm³/mol. The topological polar surface area (TPSA) is 28.2 Å². The van der Waals surface area contributed by atoms with E-state index in [0.717, 1.165) is 19.6 Å². The van der Waals surface area contributed by atoms with Crippen molar-refractivity contribution >= 4 is 5.69 Å². The van der Waals surface area contributed by atoms with E-state index >= 15 is 0 Å². The fraction of sp³-hybridized carbons (Fsp3) is 0.643. The monoisotopic (exact) mass is 235 g/mol. The predicted octanol–water partition coefficient (Wildman–Crippen LogP) is 2.69. The standard InChI is InChI=1S/C12H19N3.C2H6/c1-2-14-11-5-9-15(10-6-11)12-3-7-13-8-4-12;1-2/h3-4,7-8,11,14H,2,5-6,9-10H2,1H3;1-2H3. The zero-order chi connectivity index (χ0) is 12.5. The summed E-state index contributed by atoms with van der Waals surface area (Å²) in [7, 11) is 0. The van der Waals surface area contributed by atoms with Crippen LogP contribution in [0, 0.1) is 0 Å². The van der Waals surface area contributed by atoms with E-state index in [4.69, 9.17) is 0 Å². The van der Waals surface area contributed by atoms with Gasteiger partial charge in [-0.05, 0) is 31.5 Å². The summed E-state index contributed by atoms with van der Waals surface area (Å²) in [6.45, 7) is 9.57. The molecule has 0 amide bonds. The summed E-state index contributed by atoms with van der Waals surface area (Å²) in [6, 6.07) is 4.90. The second-order valence-electron chi connectivity index (χ2n) is 4.02. The Hall–Kier alpha value is -1.09. The van der Waals surface area contributed by atoms with Gasteiger partial charge in [-0.3, -0.25) is 4.98 Å². The Morgan fingerprint density at radius 2 is 1.82 bits per heavy atom. The van der Waals surface area contributed by atoms with Crippen LogP contribution in [0.4, 0.5) is 5.69 Å². The van der Waals surface area contributed by atoms with Crippen molar-refractivity contribution in [3.05, 3.63) is 24.5 Å². The third-order valence-electron chi connectivity index (χ3n) is 3.02. The van der Waals surface area contributed by atoms with Gasteiger partial charge in [-0.2, -0.15) is 0 Å². The molecule has 1 aromatic rings. The number of anilines is 1. The third-order valence-corrected chi connectivity index (χ3v) is 3.02. The molecule has 1 N–H and O–H groups in total. The average Bonchev–Trinajstić information content (AvgIpc) is 2.43. The van der Waals surface area contributed by atoms with E-state index in [0.29, 0.717) is 6.04 Å². The van der Waals surface area contributed by atoms with Crippen LogP contribution in [0.25, 0.3) is 0 Å². The molecule has 17 heavy (non-hydrogen) atoms. The number of pyridine rings is 1. The van der Waals surface area contributed by atoms with Crippen LogP contribution >= 0.6 is 0 Å². The van der Waals surface area contributed by atoms with Gasteiger partial charge in [0.05, 0.1) is 0 Å². The van der Waals surface area contributed by atoms with Crippen molar-refractivity contribution in [2.75, 3.05) is 24.5 Å². The highest BCUT2D eigenvalue weighted by Gasteiger charge is 2.17. The molecule has 0 aromatic carbocycles. The molecule has 0 atom stereocenters. The molecule has 0 spiro atoms. The van der Waals surface area contributed by atoms with Crippen molar-refractivity contribution in [1.29, 1.82) is 0 Å². The van der Waals surface area contributed by atoms with Crippen LogP contribution < -0.4 is 10.2 Å². The zero-order valence-corrected chi connectivity index (χ0v) is 11.3. The van der Waals surface area contributed by atoms with Crippen molar-refractivity contribution in [2.45, 2.75) is 39.7 Å². The van der Waals surface area contributed by atoms with Crippen molar-refractivity contribution < 1.29 is 0 Å². The van der Waals surface area contributed by atoms with Crippen molar-refractivity contribution in [3.63, 3.8) is 0 Å². The summed E-state index contributed by atoms with van der Waals surface area (Å²) in [5.41, 5.74) is 1.31. The number of hydrogen-bond donors (Lipinski definition) is 1. The second kappa shape index (κ2) is 8.07. The van der Waals surface area contributed by atoms with Gasteiger partial charge in [-0.15, -0.1) is 0 Å². The number of piperidine rings is 1. The second-order valence-corrected chi connectivity index (χ2v) is 4.02. The fourth-order valence-corrected chi connectivity index (χ4v) is 2.19. The van der Waals surface area contributed by atoms with Crippen molar-refractivity contribution in [1.82, 2.24) is 10.3 Å². The molecule has 1 aliphatic rings. The normalized spacial score (nSPS) is 16.3. The number of aromatic nitrogens is 1. The zero-order valence-electron chi connectivity index (χ0n) is 11.3. The van der Waals surface area contributed by atoms with Crippen LogP contribution in [0.1, 0.15) is 33.6 Å². The smallest absolute Gasteiger partial charge is 0.0397 e. The van der Waals surface area contributed by atoms with Gasteiger partial charge in [0.15, 0.2) is 0 Å². The summed E-state index contributed by atoms with van der Waals surface area (Å²) in [5, 5.41) is 3.52. The van der Waals surface area contributed by atoms with Crippen LogP contribution in [0.3, 0.4) is 0 Å². The van der Waals surface area contributed by atoms with E-state index in [-0.39, 0.29) is 0 Å². The van der Waals surface area contributed by atoms with E-state index in [1.165, 1.54) is 18.5 Å². The number of rotatable bonds is 3. The first kappa shape index (κ1) is 14.0. The van der Waals surface area contributed by atoms with Crippen LogP contribution in [0.2, 0.25) is 0 Å². The summed E-state index contributed by atoms with van der Waals surface area (Å²) in [5.74, 6) is 0. The first-order valence-electron chi connectivity index (χ1n) is 6.78. The van der Waals surface area contributed by atoms with Gasteiger partial charge in [0.2, 0.25) is 0 Å². The summed E-state index contributed by atoms with van der Waals surface area (Å²) in [6.07, 6.45) is 6.23. The molecule has 0 aliphatic carbocycles. The molecule has 96 valence electrons. The quantitative estimate of drug-likeness (QED) is 0.873. The number of hydrogen-bond acceptors (Lipinski definition) is 3. The lowest BCUT2D eigenvalue weighted by Gasteiger charge is -2.33.